The van der Waals surface area contributed by atoms with Crippen LogP contribution in [0, 0.1) is 0 Å². The van der Waals surface area contributed by atoms with Gasteiger partial charge in [-0.25, -0.2) is 4.98 Å². The molecule has 1 aliphatic heterocycles. The molecule has 6 aromatic rings. The Labute approximate surface area is 219 Å². The van der Waals surface area contributed by atoms with Gasteiger partial charge in [-0.3, -0.25) is 20.0 Å². The van der Waals surface area contributed by atoms with Gasteiger partial charge >= 0.3 is 0 Å². The number of benzene rings is 1. The van der Waals surface area contributed by atoms with Gasteiger partial charge in [-0.1, -0.05) is 18.2 Å². The average Bonchev–Trinajstić information content (AvgIpc) is 3.73. The van der Waals surface area contributed by atoms with Gasteiger partial charge < -0.3 is 9.72 Å². The van der Waals surface area contributed by atoms with E-state index in [1.807, 2.05) is 36.7 Å². The fourth-order valence-electron chi connectivity index (χ4n) is 5.24. The van der Waals surface area contributed by atoms with Crippen LogP contribution in [0.3, 0.4) is 0 Å². The van der Waals surface area contributed by atoms with E-state index < -0.39 is 0 Å². The third kappa shape index (κ3) is 4.29. The molecule has 0 atom stereocenters. The third-order valence-corrected chi connectivity index (χ3v) is 7.18. The number of ether oxygens (including phenoxy) is 1. The fourth-order valence-corrected chi connectivity index (χ4v) is 5.24. The largest absolute Gasteiger partial charge is 0.491 e. The molecule has 1 aromatic carbocycles. The quantitative estimate of drug-likeness (QED) is 0.291. The van der Waals surface area contributed by atoms with Crippen molar-refractivity contribution in [1.82, 2.24) is 35.0 Å². The first-order valence-corrected chi connectivity index (χ1v) is 13.0. The zero-order chi connectivity index (χ0) is 25.3. The van der Waals surface area contributed by atoms with E-state index in [9.17, 15) is 0 Å². The lowest BCUT2D eigenvalue weighted by atomic mass is 10.0. The zero-order valence-electron chi connectivity index (χ0n) is 20.9. The smallest absolute Gasteiger partial charge is 0.138 e. The highest BCUT2D eigenvalue weighted by Crippen LogP contribution is 2.34. The van der Waals surface area contributed by atoms with Crippen LogP contribution in [0.5, 0.6) is 5.75 Å². The summed E-state index contributed by atoms with van der Waals surface area (Å²) in [5, 5.41) is 8.87. The van der Waals surface area contributed by atoms with Crippen molar-refractivity contribution in [3.63, 3.8) is 0 Å². The minimum Gasteiger partial charge on any atom is -0.491 e. The van der Waals surface area contributed by atoms with E-state index in [0.29, 0.717) is 6.61 Å². The Morgan fingerprint density at radius 2 is 1.79 bits per heavy atom. The number of nitrogens with one attached hydrogen (secondary N) is 2. The molecule has 0 aliphatic carbocycles. The van der Waals surface area contributed by atoms with Crippen molar-refractivity contribution in [3.8, 4) is 39.5 Å². The maximum absolute atomic E-state index is 6.02. The van der Waals surface area contributed by atoms with Crippen molar-refractivity contribution >= 4 is 21.9 Å². The molecule has 188 valence electrons. The number of likely N-dealkylation sites (tertiary alicyclic amines) is 1. The van der Waals surface area contributed by atoms with Gasteiger partial charge in [0, 0.05) is 47.2 Å². The molecule has 8 heteroatoms. The van der Waals surface area contributed by atoms with Gasteiger partial charge in [0.2, 0.25) is 0 Å². The van der Waals surface area contributed by atoms with E-state index in [0.717, 1.165) is 68.0 Å². The van der Waals surface area contributed by atoms with Crippen molar-refractivity contribution in [2.75, 3.05) is 26.2 Å². The Balaban J connectivity index is 1.20. The first kappa shape index (κ1) is 22.6. The average molecular weight is 502 g/mol. The fraction of sp³-hybridized carbons (Fsp3) is 0.200. The molecule has 6 heterocycles. The number of H-pyrrole nitrogens is 2. The van der Waals surface area contributed by atoms with Crippen LogP contribution in [0.15, 0.2) is 79.4 Å². The zero-order valence-corrected chi connectivity index (χ0v) is 20.9. The Morgan fingerprint density at radius 1 is 0.868 bits per heavy atom. The number of aromatic amines is 2. The van der Waals surface area contributed by atoms with Crippen LogP contribution < -0.4 is 4.74 Å². The predicted octanol–water partition coefficient (Wildman–Crippen LogP) is 5.70. The van der Waals surface area contributed by atoms with Crippen molar-refractivity contribution in [1.29, 1.82) is 0 Å². The lowest BCUT2D eigenvalue weighted by Gasteiger charge is -2.15. The summed E-state index contributed by atoms with van der Waals surface area (Å²) in [6.07, 6.45) is 9.83. The second-order valence-corrected chi connectivity index (χ2v) is 9.66. The molecule has 7 rings (SSSR count). The van der Waals surface area contributed by atoms with Gasteiger partial charge in [0.1, 0.15) is 23.6 Å². The van der Waals surface area contributed by atoms with Crippen molar-refractivity contribution in [3.05, 3.63) is 79.4 Å². The highest BCUT2D eigenvalue weighted by Gasteiger charge is 2.16. The lowest BCUT2D eigenvalue weighted by molar-refractivity contribution is 0.237. The van der Waals surface area contributed by atoms with Crippen LogP contribution in [-0.2, 0) is 0 Å². The molecule has 8 nitrogen and oxygen atoms in total. The molecule has 1 fully saturated rings. The van der Waals surface area contributed by atoms with Gasteiger partial charge in [-0.05, 0) is 67.9 Å². The Kier molecular flexibility index (Phi) is 5.79. The third-order valence-electron chi connectivity index (χ3n) is 7.18. The number of hydrogen-bond donors (Lipinski definition) is 2. The van der Waals surface area contributed by atoms with Gasteiger partial charge in [-0.2, -0.15) is 5.10 Å². The Morgan fingerprint density at radius 3 is 2.68 bits per heavy atom. The van der Waals surface area contributed by atoms with Crippen LogP contribution in [0.2, 0.25) is 0 Å². The number of aromatic nitrogens is 6. The molecule has 1 aliphatic rings. The molecule has 0 saturated carbocycles. The minimum absolute atomic E-state index is 0.658. The molecule has 0 amide bonds. The molecule has 0 unspecified atom stereocenters. The van der Waals surface area contributed by atoms with Crippen molar-refractivity contribution < 1.29 is 4.74 Å². The second kappa shape index (κ2) is 9.72. The predicted molar refractivity (Wildman–Crippen MR) is 149 cm³/mol. The molecule has 0 radical (unpaired) electrons. The summed E-state index contributed by atoms with van der Waals surface area (Å²) in [7, 11) is 0. The second-order valence-electron chi connectivity index (χ2n) is 9.66. The normalized spacial score (nSPS) is 14.0. The molecule has 0 bridgehead atoms. The van der Waals surface area contributed by atoms with Gasteiger partial charge in [-0.15, -0.1) is 0 Å². The van der Waals surface area contributed by atoms with Crippen LogP contribution in [0.25, 0.3) is 55.7 Å². The molecular formula is C30H27N7O. The molecule has 5 aromatic heterocycles. The van der Waals surface area contributed by atoms with E-state index in [-0.39, 0.29) is 0 Å². The van der Waals surface area contributed by atoms with E-state index in [1.165, 1.54) is 25.9 Å². The molecule has 1 saturated heterocycles. The van der Waals surface area contributed by atoms with E-state index >= 15 is 0 Å². The number of rotatable bonds is 7. The van der Waals surface area contributed by atoms with Crippen molar-refractivity contribution in [2.45, 2.75) is 12.8 Å². The Hall–Kier alpha value is -4.56. The topological polar surface area (TPSA) is 95.6 Å². The molecule has 2 N–H and O–H groups in total. The van der Waals surface area contributed by atoms with Crippen LogP contribution in [-0.4, -0.2) is 61.3 Å². The summed E-state index contributed by atoms with van der Waals surface area (Å²) < 4.78 is 6.02. The standard InChI is InChI=1S/C30H27N7O/c1-2-12-37(11-1)13-14-38-22-15-21(18-32-19-22)25-8-9-27-29(34-25)30(36-35-27)28-16-24-23(6-3-7-26(24)33-28)20-5-4-10-31-17-20/h3-10,15-19,33H,1-2,11-14H2,(H,35,36). The van der Waals surface area contributed by atoms with Gasteiger partial charge in [0.25, 0.3) is 0 Å². The lowest BCUT2D eigenvalue weighted by Crippen LogP contribution is -2.25. The van der Waals surface area contributed by atoms with E-state index in [4.69, 9.17) is 9.72 Å². The monoisotopic (exact) mass is 501 g/mol. The molecule has 0 spiro atoms. The van der Waals surface area contributed by atoms with E-state index in [1.54, 1.807) is 12.4 Å². The minimum atomic E-state index is 0.658. The molecule has 38 heavy (non-hydrogen) atoms. The maximum atomic E-state index is 6.02. The van der Waals surface area contributed by atoms with E-state index in [2.05, 4.69) is 60.4 Å². The summed E-state index contributed by atoms with van der Waals surface area (Å²) >= 11 is 0. The maximum Gasteiger partial charge on any atom is 0.138 e. The van der Waals surface area contributed by atoms with Gasteiger partial charge in [0.15, 0.2) is 0 Å². The van der Waals surface area contributed by atoms with Crippen LogP contribution >= 0.6 is 0 Å². The first-order valence-electron chi connectivity index (χ1n) is 13.0. The molecular weight excluding hydrogens is 474 g/mol. The summed E-state index contributed by atoms with van der Waals surface area (Å²) in [6, 6.07) is 18.4. The van der Waals surface area contributed by atoms with Crippen molar-refractivity contribution in [2.24, 2.45) is 0 Å². The number of hydrogen-bond acceptors (Lipinski definition) is 6. The van der Waals surface area contributed by atoms with Gasteiger partial charge in [0.05, 0.1) is 23.1 Å². The summed E-state index contributed by atoms with van der Waals surface area (Å²) in [5.74, 6) is 0.759. The number of fused-ring (bicyclic) bond motifs is 2. The highest BCUT2D eigenvalue weighted by molar-refractivity contribution is 6.00. The SMILES string of the molecule is c1cncc(-c2cccc3[nH]c(-c4n[nH]c5ccc(-c6cncc(OCCN7CCCC7)c6)nc45)cc23)c1. The summed E-state index contributed by atoms with van der Waals surface area (Å²) in [4.78, 5) is 19.7. The number of nitrogens with zero attached hydrogens (tertiary/aromatic N) is 5. The summed E-state index contributed by atoms with van der Waals surface area (Å²) in [5.41, 5.74) is 8.34. The summed E-state index contributed by atoms with van der Waals surface area (Å²) in [6.45, 7) is 3.93. The first-order chi connectivity index (χ1) is 18.8. The number of pyridine rings is 3. The van der Waals surface area contributed by atoms with Crippen LogP contribution in [0.1, 0.15) is 12.8 Å². The Bertz CT molecular complexity index is 1720. The highest BCUT2D eigenvalue weighted by atomic mass is 16.5. The van der Waals surface area contributed by atoms with Crippen LogP contribution in [0.4, 0.5) is 0 Å².